The number of thioether (sulfide) groups is 1. The third-order valence-corrected chi connectivity index (χ3v) is 5.86. The number of imide groups is 2. The van der Waals surface area contributed by atoms with E-state index >= 15 is 0 Å². The molecule has 2 fully saturated rings. The molecule has 6 amide bonds. The summed E-state index contributed by atoms with van der Waals surface area (Å²) in [5.41, 5.74) is -0.744. The van der Waals surface area contributed by atoms with E-state index in [1.807, 2.05) is 0 Å². The van der Waals surface area contributed by atoms with Gasteiger partial charge in [0.2, 0.25) is 5.91 Å². The zero-order valence-corrected chi connectivity index (χ0v) is 18.5. The Hall–Kier alpha value is -3.21. The molecule has 3 rings (SSSR count). The Balaban J connectivity index is 1.43. The third kappa shape index (κ3) is 5.16. The lowest BCUT2D eigenvalue weighted by Gasteiger charge is -2.16. The van der Waals surface area contributed by atoms with Crippen molar-refractivity contribution in [3.05, 3.63) is 40.6 Å². The molecule has 1 aromatic rings. The van der Waals surface area contributed by atoms with Crippen molar-refractivity contribution in [3.8, 4) is 0 Å². The van der Waals surface area contributed by atoms with Crippen LogP contribution in [0.25, 0.3) is 6.08 Å². The first kappa shape index (κ1) is 23.5. The van der Waals surface area contributed by atoms with E-state index in [-0.39, 0.29) is 54.8 Å². The van der Waals surface area contributed by atoms with Crippen LogP contribution < -0.4 is 10.6 Å². The van der Waals surface area contributed by atoms with Gasteiger partial charge in [0.15, 0.2) is 0 Å². The van der Waals surface area contributed by atoms with Crippen LogP contribution in [0.1, 0.15) is 32.3 Å². The SMILES string of the molecule is CC1(C)NC(=O)N(CCCC(=O)NCCN2C(=O)S/C(=C\c3ccccc3F)C2=O)C1=O. The van der Waals surface area contributed by atoms with Crippen LogP contribution in [0.2, 0.25) is 0 Å². The van der Waals surface area contributed by atoms with E-state index in [1.165, 1.54) is 24.3 Å². The molecule has 2 aliphatic heterocycles. The molecule has 0 aliphatic carbocycles. The van der Waals surface area contributed by atoms with Gasteiger partial charge in [-0.15, -0.1) is 0 Å². The molecule has 2 saturated heterocycles. The van der Waals surface area contributed by atoms with E-state index in [1.54, 1.807) is 19.9 Å². The third-order valence-electron chi connectivity index (χ3n) is 4.95. The maximum absolute atomic E-state index is 13.8. The van der Waals surface area contributed by atoms with Crippen molar-refractivity contribution in [2.45, 2.75) is 32.2 Å². The lowest BCUT2D eigenvalue weighted by atomic mass is 10.1. The van der Waals surface area contributed by atoms with Crippen LogP contribution in [0, 0.1) is 5.82 Å². The van der Waals surface area contributed by atoms with Gasteiger partial charge < -0.3 is 10.6 Å². The number of rotatable bonds is 8. The van der Waals surface area contributed by atoms with Crippen LogP contribution >= 0.6 is 11.8 Å². The fourth-order valence-corrected chi connectivity index (χ4v) is 4.10. The summed E-state index contributed by atoms with van der Waals surface area (Å²) in [4.78, 5) is 62.7. The first-order valence-corrected chi connectivity index (χ1v) is 10.8. The Morgan fingerprint density at radius 1 is 1.16 bits per heavy atom. The number of nitrogens with one attached hydrogen (secondary N) is 2. The Morgan fingerprint density at radius 3 is 2.53 bits per heavy atom. The fraction of sp³-hybridized carbons (Fsp3) is 0.381. The Labute approximate surface area is 188 Å². The molecule has 0 atom stereocenters. The minimum absolute atomic E-state index is 0.0216. The quantitative estimate of drug-likeness (QED) is 0.452. The van der Waals surface area contributed by atoms with Crippen molar-refractivity contribution in [1.29, 1.82) is 0 Å². The molecule has 2 N–H and O–H groups in total. The van der Waals surface area contributed by atoms with Gasteiger partial charge in [-0.3, -0.25) is 29.0 Å². The molecule has 0 radical (unpaired) electrons. The highest BCUT2D eigenvalue weighted by molar-refractivity contribution is 8.18. The van der Waals surface area contributed by atoms with Crippen LogP contribution in [-0.2, 0) is 14.4 Å². The number of carbonyl (C=O) groups is 5. The molecule has 9 nitrogen and oxygen atoms in total. The molecule has 32 heavy (non-hydrogen) atoms. The number of nitrogens with zero attached hydrogens (tertiary/aromatic N) is 2. The molecule has 11 heteroatoms. The molecule has 2 aliphatic rings. The van der Waals surface area contributed by atoms with Gasteiger partial charge in [0.25, 0.3) is 17.1 Å². The minimum Gasteiger partial charge on any atom is -0.354 e. The molecule has 0 unspecified atom stereocenters. The van der Waals surface area contributed by atoms with Gasteiger partial charge in [0, 0.05) is 31.6 Å². The summed E-state index contributed by atoms with van der Waals surface area (Å²) in [6.45, 7) is 3.37. The van der Waals surface area contributed by atoms with Crippen molar-refractivity contribution in [2.24, 2.45) is 0 Å². The highest BCUT2D eigenvalue weighted by Crippen LogP contribution is 2.32. The van der Waals surface area contributed by atoms with Gasteiger partial charge in [0.05, 0.1) is 4.91 Å². The highest BCUT2D eigenvalue weighted by Gasteiger charge is 2.43. The van der Waals surface area contributed by atoms with Crippen LogP contribution in [-0.4, -0.2) is 64.0 Å². The number of hydrogen-bond donors (Lipinski definition) is 2. The number of amides is 6. The predicted molar refractivity (Wildman–Crippen MR) is 116 cm³/mol. The van der Waals surface area contributed by atoms with Crippen molar-refractivity contribution in [1.82, 2.24) is 20.4 Å². The minimum atomic E-state index is -0.953. The number of urea groups is 1. The fourth-order valence-electron chi connectivity index (χ4n) is 3.24. The average Bonchev–Trinajstić information content (AvgIpc) is 3.09. The summed E-state index contributed by atoms with van der Waals surface area (Å²) in [5, 5.41) is 4.68. The molecular weight excluding hydrogens is 439 g/mol. The summed E-state index contributed by atoms with van der Waals surface area (Å²) in [5.74, 6) is -1.71. The topological polar surface area (TPSA) is 116 Å². The lowest BCUT2D eigenvalue weighted by molar-refractivity contribution is -0.130. The molecule has 2 heterocycles. The van der Waals surface area contributed by atoms with E-state index < -0.39 is 28.5 Å². The second kappa shape index (κ2) is 9.51. The average molecular weight is 463 g/mol. The number of benzene rings is 1. The van der Waals surface area contributed by atoms with E-state index in [2.05, 4.69) is 10.6 Å². The van der Waals surface area contributed by atoms with E-state index in [0.717, 1.165) is 9.80 Å². The van der Waals surface area contributed by atoms with Crippen molar-refractivity contribution in [2.75, 3.05) is 19.6 Å². The first-order valence-electron chi connectivity index (χ1n) is 10.0. The van der Waals surface area contributed by atoms with E-state index in [0.29, 0.717) is 11.8 Å². The van der Waals surface area contributed by atoms with Gasteiger partial charge in [-0.1, -0.05) is 18.2 Å². The van der Waals surface area contributed by atoms with Gasteiger partial charge in [-0.05, 0) is 44.2 Å². The van der Waals surface area contributed by atoms with Crippen molar-refractivity contribution >= 4 is 46.8 Å². The smallest absolute Gasteiger partial charge is 0.325 e. The largest absolute Gasteiger partial charge is 0.354 e. The maximum Gasteiger partial charge on any atom is 0.325 e. The summed E-state index contributed by atoms with van der Waals surface area (Å²) in [7, 11) is 0. The summed E-state index contributed by atoms with van der Waals surface area (Å²) >= 11 is 0.716. The van der Waals surface area contributed by atoms with Gasteiger partial charge in [-0.2, -0.15) is 0 Å². The molecule has 0 bridgehead atoms. The van der Waals surface area contributed by atoms with E-state index in [4.69, 9.17) is 0 Å². The van der Waals surface area contributed by atoms with Crippen LogP contribution in [0.4, 0.5) is 14.0 Å². The Bertz CT molecular complexity index is 1010. The first-order chi connectivity index (χ1) is 15.1. The number of halogens is 1. The lowest BCUT2D eigenvalue weighted by Crippen LogP contribution is -2.40. The number of hydrogen-bond acceptors (Lipinski definition) is 6. The normalized spacial score (nSPS) is 19.2. The maximum atomic E-state index is 13.8. The second-order valence-electron chi connectivity index (χ2n) is 7.82. The Kier molecular flexibility index (Phi) is 6.97. The van der Waals surface area contributed by atoms with Crippen LogP contribution in [0.3, 0.4) is 0 Å². The summed E-state index contributed by atoms with van der Waals surface area (Å²) in [6.07, 6.45) is 1.69. The van der Waals surface area contributed by atoms with Gasteiger partial charge >= 0.3 is 6.03 Å². The molecule has 0 spiro atoms. The molecule has 1 aromatic carbocycles. The molecule has 0 aromatic heterocycles. The van der Waals surface area contributed by atoms with E-state index in [9.17, 15) is 28.4 Å². The number of carbonyl (C=O) groups excluding carboxylic acids is 5. The standard InChI is InChI=1S/C21H23FN4O5S/c1-21(2)18(29)26(19(30)24-21)10-5-8-16(27)23-9-11-25-17(28)15(32-20(25)31)12-13-6-3-4-7-14(13)22/h3-4,6-7,12H,5,8-11H2,1-2H3,(H,23,27)(H,24,30)/b15-12-. The molecule has 170 valence electrons. The molecule has 0 saturated carbocycles. The second-order valence-corrected chi connectivity index (χ2v) is 8.81. The van der Waals surface area contributed by atoms with Crippen molar-refractivity contribution < 1.29 is 28.4 Å². The van der Waals surface area contributed by atoms with Crippen LogP contribution in [0.15, 0.2) is 29.2 Å². The zero-order valence-electron chi connectivity index (χ0n) is 17.6. The highest BCUT2D eigenvalue weighted by atomic mass is 32.2. The summed E-state index contributed by atoms with van der Waals surface area (Å²) in [6, 6.07) is 5.44. The van der Waals surface area contributed by atoms with Gasteiger partial charge in [0.1, 0.15) is 11.4 Å². The zero-order chi connectivity index (χ0) is 23.5. The molecular formula is C21H23FN4O5S. The predicted octanol–water partition coefficient (Wildman–Crippen LogP) is 2.09. The van der Waals surface area contributed by atoms with Crippen LogP contribution in [0.5, 0.6) is 0 Å². The summed E-state index contributed by atoms with van der Waals surface area (Å²) < 4.78 is 13.8. The van der Waals surface area contributed by atoms with Crippen molar-refractivity contribution in [3.63, 3.8) is 0 Å². The Morgan fingerprint density at radius 2 is 1.88 bits per heavy atom. The van der Waals surface area contributed by atoms with Gasteiger partial charge in [-0.25, -0.2) is 9.18 Å². The monoisotopic (exact) mass is 462 g/mol.